The first-order valence-electron chi connectivity index (χ1n) is 18.6. The molecule has 0 radical (unpaired) electrons. The average Bonchev–Trinajstić information content (AvgIpc) is 3.05. The van der Waals surface area contributed by atoms with Gasteiger partial charge in [0, 0.05) is 23.8 Å². The summed E-state index contributed by atoms with van der Waals surface area (Å²) >= 11 is 0. The van der Waals surface area contributed by atoms with Crippen LogP contribution in [0.1, 0.15) is 203 Å². The first-order valence-corrected chi connectivity index (χ1v) is 18.6. The van der Waals surface area contributed by atoms with E-state index in [1.165, 1.54) is 44.8 Å². The van der Waals surface area contributed by atoms with Crippen LogP contribution in [0, 0.1) is 0 Å². The van der Waals surface area contributed by atoms with Gasteiger partial charge >= 0.3 is 0 Å². The van der Waals surface area contributed by atoms with Crippen molar-refractivity contribution in [1.82, 2.24) is 9.97 Å². The van der Waals surface area contributed by atoms with E-state index >= 15 is 0 Å². The van der Waals surface area contributed by atoms with Crippen LogP contribution in [0.4, 0.5) is 0 Å². The molecule has 0 atom stereocenters. The van der Waals surface area contributed by atoms with Gasteiger partial charge in [-0.3, -0.25) is 9.97 Å². The number of hydrogen-bond donors (Lipinski definition) is 0. The van der Waals surface area contributed by atoms with Crippen molar-refractivity contribution in [3.05, 3.63) is 130 Å². The molecular formula is C46H70N2. The topological polar surface area (TPSA) is 25.8 Å². The van der Waals surface area contributed by atoms with Crippen LogP contribution in [0.3, 0.4) is 0 Å². The van der Waals surface area contributed by atoms with E-state index < -0.39 is 0 Å². The highest BCUT2D eigenvalue weighted by Crippen LogP contribution is 2.21. The number of nitrogens with zero attached hydrogens (tertiary/aromatic N) is 2. The van der Waals surface area contributed by atoms with Gasteiger partial charge in [-0.2, -0.15) is 0 Å². The smallest absolute Gasteiger partial charge is 0.0429 e. The van der Waals surface area contributed by atoms with Crippen LogP contribution in [0.2, 0.25) is 0 Å². The van der Waals surface area contributed by atoms with E-state index in [-0.39, 0.29) is 0 Å². The van der Waals surface area contributed by atoms with E-state index in [0.29, 0.717) is 47.3 Å². The molecule has 0 aliphatic rings. The lowest BCUT2D eigenvalue weighted by Gasteiger charge is -2.08. The van der Waals surface area contributed by atoms with Crippen LogP contribution < -0.4 is 0 Å². The molecule has 0 saturated heterocycles. The van der Waals surface area contributed by atoms with Crippen molar-refractivity contribution >= 4 is 0 Å². The highest BCUT2D eigenvalue weighted by Gasteiger charge is 2.04. The summed E-state index contributed by atoms with van der Waals surface area (Å²) in [5, 5.41) is 0. The standard InChI is InChI=1S/2C12H18.2C11H17N/c2*1-9(2)11-5-7-12(8-6-11)10(3)4;2*1-8(2)10-5-6-11(9(3)4)12-7-10/h2*5-10H,1-4H3;2*5-9H,1-4H3. The molecule has 0 unspecified atom stereocenters. The molecule has 0 fully saturated rings. The highest BCUT2D eigenvalue weighted by atomic mass is 14.7. The molecule has 4 rings (SSSR count). The lowest BCUT2D eigenvalue weighted by atomic mass is 9.97. The largest absolute Gasteiger partial charge is 0.261 e. The fourth-order valence-corrected chi connectivity index (χ4v) is 4.73. The number of aromatic nitrogens is 2. The van der Waals surface area contributed by atoms with E-state index in [0.717, 1.165) is 0 Å². The van der Waals surface area contributed by atoms with Crippen LogP contribution in [0.15, 0.2) is 85.2 Å². The second kappa shape index (κ2) is 21.7. The van der Waals surface area contributed by atoms with Crippen molar-refractivity contribution in [2.75, 3.05) is 0 Å². The summed E-state index contributed by atoms with van der Waals surface area (Å²) in [6.07, 6.45) is 3.97. The number of hydrogen-bond acceptors (Lipinski definition) is 2. The molecule has 0 aliphatic heterocycles. The van der Waals surface area contributed by atoms with E-state index in [2.05, 4.69) is 194 Å². The van der Waals surface area contributed by atoms with E-state index in [9.17, 15) is 0 Å². The number of rotatable bonds is 8. The van der Waals surface area contributed by atoms with Crippen molar-refractivity contribution in [3.63, 3.8) is 0 Å². The molecule has 0 saturated carbocycles. The Hall–Kier alpha value is -3.26. The van der Waals surface area contributed by atoms with Crippen molar-refractivity contribution in [1.29, 1.82) is 0 Å². The maximum atomic E-state index is 4.40. The normalized spacial score (nSPS) is 11.2. The monoisotopic (exact) mass is 651 g/mol. The molecule has 0 aliphatic carbocycles. The van der Waals surface area contributed by atoms with Crippen LogP contribution in [-0.2, 0) is 0 Å². The molecule has 48 heavy (non-hydrogen) atoms. The van der Waals surface area contributed by atoms with Gasteiger partial charge in [0.2, 0.25) is 0 Å². The maximum absolute atomic E-state index is 4.40. The summed E-state index contributed by atoms with van der Waals surface area (Å²) in [5.74, 6) is 4.81. The van der Waals surface area contributed by atoms with Crippen LogP contribution in [0.25, 0.3) is 0 Å². The first-order chi connectivity index (χ1) is 22.4. The third-order valence-corrected chi connectivity index (χ3v) is 8.67. The van der Waals surface area contributed by atoms with Crippen molar-refractivity contribution < 1.29 is 0 Å². The minimum Gasteiger partial charge on any atom is -0.261 e. The predicted molar refractivity (Wildman–Crippen MR) is 214 cm³/mol. The van der Waals surface area contributed by atoms with Gasteiger partial charge in [-0.1, -0.05) is 171 Å². The molecule has 0 bridgehead atoms. The Labute approximate surface area is 297 Å². The molecule has 2 heterocycles. The molecule has 0 amide bonds. The van der Waals surface area contributed by atoms with Gasteiger partial charge in [0.15, 0.2) is 0 Å². The molecule has 4 aromatic rings. The molecule has 0 N–H and O–H groups in total. The quantitative estimate of drug-likeness (QED) is 0.190. The summed E-state index contributed by atoms with van der Waals surface area (Å²) in [7, 11) is 0. The third kappa shape index (κ3) is 15.8. The molecule has 264 valence electrons. The summed E-state index contributed by atoms with van der Waals surface area (Å²) in [6.45, 7) is 35.2. The highest BCUT2D eigenvalue weighted by molar-refractivity contribution is 5.27. The van der Waals surface area contributed by atoms with Crippen molar-refractivity contribution in [3.8, 4) is 0 Å². The fourth-order valence-electron chi connectivity index (χ4n) is 4.73. The summed E-state index contributed by atoms with van der Waals surface area (Å²) in [5.41, 5.74) is 10.7. The van der Waals surface area contributed by atoms with Gasteiger partial charge in [0.1, 0.15) is 0 Å². The third-order valence-electron chi connectivity index (χ3n) is 8.67. The SMILES string of the molecule is CC(C)c1ccc(C(C)C)cc1.CC(C)c1ccc(C(C)C)cc1.CC(C)c1ccc(C(C)C)nc1.CC(C)c1ccc(C(C)C)nc1. The van der Waals surface area contributed by atoms with Gasteiger partial charge in [-0.15, -0.1) is 0 Å². The average molecular weight is 651 g/mol. The van der Waals surface area contributed by atoms with E-state index in [4.69, 9.17) is 0 Å². The van der Waals surface area contributed by atoms with E-state index in [1.807, 2.05) is 12.4 Å². The first kappa shape index (κ1) is 42.8. The minimum atomic E-state index is 0.534. The second-order valence-electron chi connectivity index (χ2n) is 15.6. The predicted octanol–water partition coefficient (Wildman–Crippen LogP) is 14.5. The van der Waals surface area contributed by atoms with Crippen molar-refractivity contribution in [2.24, 2.45) is 0 Å². The van der Waals surface area contributed by atoms with Crippen molar-refractivity contribution in [2.45, 2.75) is 158 Å². The summed E-state index contributed by atoms with van der Waals surface area (Å²) < 4.78 is 0. The van der Waals surface area contributed by atoms with Gasteiger partial charge in [0.25, 0.3) is 0 Å². The Balaban J connectivity index is 0.000000320. The molecule has 2 aromatic carbocycles. The molecule has 2 nitrogen and oxygen atoms in total. The molecule has 0 spiro atoms. The number of pyridine rings is 2. The minimum absolute atomic E-state index is 0.534. The van der Waals surface area contributed by atoms with Gasteiger partial charge < -0.3 is 0 Å². The fraction of sp³-hybridized carbons (Fsp3) is 0.522. The Morgan fingerprint density at radius 1 is 0.250 bits per heavy atom. The lowest BCUT2D eigenvalue weighted by Crippen LogP contribution is -1.94. The summed E-state index contributed by atoms with van der Waals surface area (Å²) in [6, 6.07) is 26.5. The maximum Gasteiger partial charge on any atom is 0.0429 e. The zero-order chi connectivity index (χ0) is 36.6. The van der Waals surface area contributed by atoms with Crippen LogP contribution >= 0.6 is 0 Å². The molecule has 2 aromatic heterocycles. The number of benzene rings is 2. The molecular weight excluding hydrogens is 581 g/mol. The van der Waals surface area contributed by atoms with E-state index in [1.54, 1.807) is 0 Å². The Bertz CT molecular complexity index is 1040. The second-order valence-corrected chi connectivity index (χ2v) is 15.6. The Kier molecular flexibility index (Phi) is 19.3. The molecule has 2 heteroatoms. The Morgan fingerprint density at radius 2 is 0.438 bits per heavy atom. The zero-order valence-corrected chi connectivity index (χ0v) is 33.6. The van der Waals surface area contributed by atoms with Crippen LogP contribution in [0.5, 0.6) is 0 Å². The van der Waals surface area contributed by atoms with Gasteiger partial charge in [-0.05, 0) is 92.9 Å². The van der Waals surface area contributed by atoms with Gasteiger partial charge in [-0.25, -0.2) is 0 Å². The lowest BCUT2D eigenvalue weighted by molar-refractivity contribution is 0.802. The summed E-state index contributed by atoms with van der Waals surface area (Å²) in [4.78, 5) is 8.80. The zero-order valence-electron chi connectivity index (χ0n) is 33.6. The van der Waals surface area contributed by atoms with Gasteiger partial charge in [0.05, 0.1) is 0 Å². The Morgan fingerprint density at radius 3 is 0.562 bits per heavy atom. The van der Waals surface area contributed by atoms with Crippen LogP contribution in [-0.4, -0.2) is 9.97 Å².